The normalized spacial score (nSPS) is 18.9. The largest absolute Gasteiger partial charge is 0.495 e. The van der Waals surface area contributed by atoms with Crippen LogP contribution in [0.15, 0.2) is 48.5 Å². The van der Waals surface area contributed by atoms with Crippen LogP contribution in [0.5, 0.6) is 5.75 Å². The number of para-hydroxylation sites is 2. The Labute approximate surface area is 194 Å². The fourth-order valence-electron chi connectivity index (χ4n) is 5.25. The van der Waals surface area contributed by atoms with E-state index in [1.807, 2.05) is 35.0 Å². The van der Waals surface area contributed by atoms with E-state index in [0.29, 0.717) is 6.04 Å². The van der Waals surface area contributed by atoms with Gasteiger partial charge in [-0.2, -0.15) is 0 Å². The minimum atomic E-state index is -0.231. The first-order valence-electron chi connectivity index (χ1n) is 11.9. The maximum atomic E-state index is 13.7. The molecule has 2 heterocycles. The number of benzene rings is 2. The summed E-state index contributed by atoms with van der Waals surface area (Å²) in [5.74, 6) is 1.52. The van der Waals surface area contributed by atoms with Gasteiger partial charge in [-0.05, 0) is 53.1 Å². The van der Waals surface area contributed by atoms with Crippen LogP contribution in [0.25, 0.3) is 0 Å². The Kier molecular flexibility index (Phi) is 6.53. The summed E-state index contributed by atoms with van der Waals surface area (Å²) < 4.78 is 21.4. The molecule has 1 saturated heterocycles. The highest BCUT2D eigenvalue weighted by atomic mass is 19.1. The van der Waals surface area contributed by atoms with Gasteiger partial charge in [-0.1, -0.05) is 43.5 Å². The summed E-state index contributed by atoms with van der Waals surface area (Å²) in [6.07, 6.45) is 5.91. The SMILES string of the molecule is COc1ccccc1N1CCN([C@H](c2ccc(F)cc2)c2nnnn2C2CCCCC2)CC1. The quantitative estimate of drug-likeness (QED) is 0.560. The third-order valence-corrected chi connectivity index (χ3v) is 6.97. The van der Waals surface area contributed by atoms with E-state index in [1.165, 1.54) is 31.4 Å². The third-order valence-electron chi connectivity index (χ3n) is 6.97. The Morgan fingerprint density at radius 1 is 0.939 bits per heavy atom. The number of ether oxygens (including phenoxy) is 1. The van der Waals surface area contributed by atoms with Gasteiger partial charge in [0.1, 0.15) is 11.6 Å². The molecule has 1 aliphatic heterocycles. The van der Waals surface area contributed by atoms with Gasteiger partial charge in [0, 0.05) is 26.2 Å². The van der Waals surface area contributed by atoms with Gasteiger partial charge in [-0.25, -0.2) is 9.07 Å². The Morgan fingerprint density at radius 2 is 1.67 bits per heavy atom. The molecule has 0 N–H and O–H groups in total. The minimum Gasteiger partial charge on any atom is -0.495 e. The molecule has 2 aliphatic rings. The molecule has 33 heavy (non-hydrogen) atoms. The topological polar surface area (TPSA) is 59.3 Å². The average molecular weight is 451 g/mol. The lowest BCUT2D eigenvalue weighted by Gasteiger charge is -2.40. The lowest BCUT2D eigenvalue weighted by molar-refractivity contribution is 0.193. The number of rotatable bonds is 6. The number of hydrogen-bond donors (Lipinski definition) is 0. The molecule has 2 aromatic carbocycles. The molecule has 2 fully saturated rings. The van der Waals surface area contributed by atoms with Crippen LogP contribution in [0.2, 0.25) is 0 Å². The Bertz CT molecular complexity index is 1040. The van der Waals surface area contributed by atoms with E-state index in [0.717, 1.165) is 61.8 Å². The van der Waals surface area contributed by atoms with Crippen LogP contribution < -0.4 is 9.64 Å². The van der Waals surface area contributed by atoms with E-state index in [-0.39, 0.29) is 11.9 Å². The summed E-state index contributed by atoms with van der Waals surface area (Å²) in [5, 5.41) is 13.0. The molecule has 8 heteroatoms. The molecule has 5 rings (SSSR count). The van der Waals surface area contributed by atoms with Crippen LogP contribution in [0.4, 0.5) is 10.1 Å². The van der Waals surface area contributed by atoms with Crippen molar-refractivity contribution in [3.8, 4) is 5.75 Å². The van der Waals surface area contributed by atoms with Crippen molar-refractivity contribution in [3.63, 3.8) is 0 Å². The molecule has 7 nitrogen and oxygen atoms in total. The fourth-order valence-corrected chi connectivity index (χ4v) is 5.25. The molecular formula is C25H31FN6O. The van der Waals surface area contributed by atoms with Crippen molar-refractivity contribution in [2.75, 3.05) is 38.2 Å². The fraction of sp³-hybridized carbons (Fsp3) is 0.480. The van der Waals surface area contributed by atoms with Gasteiger partial charge in [-0.3, -0.25) is 4.90 Å². The number of aromatic nitrogens is 4. The summed E-state index contributed by atoms with van der Waals surface area (Å²) >= 11 is 0. The molecule has 1 atom stereocenters. The van der Waals surface area contributed by atoms with Crippen molar-refractivity contribution >= 4 is 5.69 Å². The van der Waals surface area contributed by atoms with Crippen molar-refractivity contribution < 1.29 is 9.13 Å². The maximum absolute atomic E-state index is 13.7. The van der Waals surface area contributed by atoms with Gasteiger partial charge in [0.05, 0.1) is 24.9 Å². The molecule has 0 amide bonds. The molecule has 0 unspecified atom stereocenters. The molecule has 0 spiro atoms. The first-order valence-corrected chi connectivity index (χ1v) is 11.9. The standard InChI is InChI=1S/C25H31FN6O/c1-33-23-10-6-5-9-22(23)30-15-17-31(18-16-30)24(19-11-13-20(26)14-12-19)25-27-28-29-32(25)21-7-3-2-4-8-21/h5-6,9-14,21,24H,2-4,7-8,15-18H2,1H3/t24-/m1/s1. The van der Waals surface area contributed by atoms with Crippen LogP contribution in [0.3, 0.4) is 0 Å². The summed E-state index contributed by atoms with van der Waals surface area (Å²) in [7, 11) is 1.71. The van der Waals surface area contributed by atoms with Crippen LogP contribution in [0.1, 0.15) is 55.6 Å². The second-order valence-corrected chi connectivity index (χ2v) is 8.92. The first kappa shape index (κ1) is 21.8. The summed E-state index contributed by atoms with van der Waals surface area (Å²) in [4.78, 5) is 4.78. The van der Waals surface area contributed by atoms with Gasteiger partial charge in [0.15, 0.2) is 5.82 Å². The molecule has 0 radical (unpaired) electrons. The highest BCUT2D eigenvalue weighted by Crippen LogP contribution is 2.35. The lowest BCUT2D eigenvalue weighted by Crippen LogP contribution is -2.48. The minimum absolute atomic E-state index is 0.109. The second kappa shape index (κ2) is 9.87. The number of halogens is 1. The summed E-state index contributed by atoms with van der Waals surface area (Å²) in [5.41, 5.74) is 2.14. The molecule has 174 valence electrons. The third kappa shape index (κ3) is 4.57. The number of nitrogens with zero attached hydrogens (tertiary/aromatic N) is 6. The average Bonchev–Trinajstić information content (AvgIpc) is 3.36. The molecular weight excluding hydrogens is 419 g/mol. The van der Waals surface area contributed by atoms with Crippen molar-refractivity contribution in [2.24, 2.45) is 0 Å². The van der Waals surface area contributed by atoms with E-state index in [2.05, 4.69) is 31.4 Å². The Morgan fingerprint density at radius 3 is 2.39 bits per heavy atom. The monoisotopic (exact) mass is 450 g/mol. The Balaban J connectivity index is 1.42. The Hall–Kier alpha value is -3.00. The zero-order valence-corrected chi connectivity index (χ0v) is 19.1. The van der Waals surface area contributed by atoms with E-state index in [4.69, 9.17) is 4.74 Å². The van der Waals surface area contributed by atoms with E-state index in [1.54, 1.807) is 7.11 Å². The van der Waals surface area contributed by atoms with Crippen molar-refractivity contribution in [2.45, 2.75) is 44.2 Å². The number of methoxy groups -OCH3 is 1. The van der Waals surface area contributed by atoms with E-state index < -0.39 is 0 Å². The van der Waals surface area contributed by atoms with Gasteiger partial charge in [-0.15, -0.1) is 5.10 Å². The number of anilines is 1. The summed E-state index contributed by atoms with van der Waals surface area (Å²) in [6, 6.07) is 15.2. The predicted octanol–water partition coefficient (Wildman–Crippen LogP) is 4.24. The second-order valence-electron chi connectivity index (χ2n) is 8.92. The molecule has 3 aromatic rings. The van der Waals surface area contributed by atoms with Crippen LogP contribution >= 0.6 is 0 Å². The van der Waals surface area contributed by atoms with Gasteiger partial charge < -0.3 is 9.64 Å². The number of hydrogen-bond acceptors (Lipinski definition) is 6. The van der Waals surface area contributed by atoms with Gasteiger partial charge >= 0.3 is 0 Å². The van der Waals surface area contributed by atoms with Crippen LogP contribution in [-0.4, -0.2) is 58.4 Å². The number of tetrazole rings is 1. The van der Waals surface area contributed by atoms with Crippen molar-refractivity contribution in [1.82, 2.24) is 25.1 Å². The van der Waals surface area contributed by atoms with Gasteiger partial charge in [0.25, 0.3) is 0 Å². The smallest absolute Gasteiger partial charge is 0.173 e. The highest BCUT2D eigenvalue weighted by molar-refractivity contribution is 5.58. The molecule has 1 aromatic heterocycles. The van der Waals surface area contributed by atoms with Gasteiger partial charge in [0.2, 0.25) is 0 Å². The zero-order chi connectivity index (χ0) is 22.6. The molecule has 1 saturated carbocycles. The van der Waals surface area contributed by atoms with Crippen LogP contribution in [0, 0.1) is 5.82 Å². The van der Waals surface area contributed by atoms with E-state index in [9.17, 15) is 4.39 Å². The number of piperazine rings is 1. The molecule has 1 aliphatic carbocycles. The lowest BCUT2D eigenvalue weighted by atomic mass is 9.95. The predicted molar refractivity (Wildman–Crippen MR) is 125 cm³/mol. The van der Waals surface area contributed by atoms with Crippen LogP contribution in [-0.2, 0) is 0 Å². The maximum Gasteiger partial charge on any atom is 0.173 e. The summed E-state index contributed by atoms with van der Waals surface area (Å²) in [6.45, 7) is 3.42. The van der Waals surface area contributed by atoms with Crippen molar-refractivity contribution in [1.29, 1.82) is 0 Å². The first-order chi connectivity index (χ1) is 16.2. The van der Waals surface area contributed by atoms with E-state index >= 15 is 0 Å². The van der Waals surface area contributed by atoms with Crippen molar-refractivity contribution in [3.05, 3.63) is 65.7 Å². The zero-order valence-electron chi connectivity index (χ0n) is 19.1. The highest BCUT2D eigenvalue weighted by Gasteiger charge is 2.33. The molecule has 0 bridgehead atoms.